The maximum Gasteiger partial charge on any atom is 0.0973 e. The van der Waals surface area contributed by atoms with Crippen molar-refractivity contribution in [3.63, 3.8) is 0 Å². The van der Waals surface area contributed by atoms with Gasteiger partial charge in [0.1, 0.15) is 0 Å². The van der Waals surface area contributed by atoms with E-state index in [-0.39, 0.29) is 16.8 Å². The minimum atomic E-state index is -0.211. The minimum Gasteiger partial charge on any atom is -0.395 e. The third-order valence-electron chi connectivity index (χ3n) is 6.37. The molecule has 30 heavy (non-hydrogen) atoms. The lowest BCUT2D eigenvalue weighted by Gasteiger charge is -2.30. The zero-order valence-electron chi connectivity index (χ0n) is 18.1. The highest BCUT2D eigenvalue weighted by Crippen LogP contribution is 2.49. The largest absolute Gasteiger partial charge is 0.395 e. The first kappa shape index (κ1) is 22.6. The highest BCUT2D eigenvalue weighted by atomic mass is 32.2. The molecule has 1 saturated carbocycles. The highest BCUT2D eigenvalue weighted by Gasteiger charge is 2.46. The first-order valence-corrected chi connectivity index (χ1v) is 11.5. The fraction of sp³-hybridized carbons (Fsp3) is 0.440. The zero-order valence-corrected chi connectivity index (χ0v) is 18.9. The number of nitrogens with one attached hydrogen (secondary N) is 2. The smallest absolute Gasteiger partial charge is 0.0973 e. The molecule has 0 spiro atoms. The number of benzene rings is 2. The van der Waals surface area contributed by atoms with Gasteiger partial charge in [0, 0.05) is 35.4 Å². The Kier molecular flexibility index (Phi) is 7.04. The molecule has 0 bridgehead atoms. The van der Waals surface area contributed by atoms with Gasteiger partial charge in [-0.3, -0.25) is 5.41 Å². The van der Waals surface area contributed by atoms with Crippen molar-refractivity contribution in [1.29, 1.82) is 10.8 Å². The fourth-order valence-corrected chi connectivity index (χ4v) is 5.42. The van der Waals surface area contributed by atoms with Crippen LogP contribution in [-0.2, 0) is 5.41 Å². The predicted octanol–water partition coefficient (Wildman–Crippen LogP) is 5.13. The van der Waals surface area contributed by atoms with Crippen molar-refractivity contribution in [2.45, 2.75) is 43.3 Å². The number of aryl methyl sites for hydroxylation is 1. The number of thioether (sulfide) groups is 1. The quantitative estimate of drug-likeness (QED) is 0.584. The van der Waals surface area contributed by atoms with Gasteiger partial charge < -0.3 is 15.4 Å². The number of rotatable bonds is 5. The summed E-state index contributed by atoms with van der Waals surface area (Å²) in [4.78, 5) is 2.26. The molecule has 1 aliphatic carbocycles. The average molecular weight is 424 g/mol. The highest BCUT2D eigenvalue weighted by molar-refractivity contribution is 8.00. The Balaban J connectivity index is 0.00000124. The molecule has 160 valence electrons. The summed E-state index contributed by atoms with van der Waals surface area (Å²) >= 11 is 1.80. The van der Waals surface area contributed by atoms with Crippen molar-refractivity contribution in [3.05, 3.63) is 59.7 Å². The topological polar surface area (TPSA) is 71.2 Å². The van der Waals surface area contributed by atoms with E-state index in [1.165, 1.54) is 35.1 Å². The summed E-state index contributed by atoms with van der Waals surface area (Å²) in [5.41, 5.74) is 5.48. The number of aliphatic hydroxyl groups excluding tert-OH is 1. The van der Waals surface area contributed by atoms with E-state index in [1.807, 2.05) is 0 Å². The molecule has 1 unspecified atom stereocenters. The van der Waals surface area contributed by atoms with Crippen molar-refractivity contribution in [2.75, 3.05) is 25.4 Å². The molecule has 5 heteroatoms. The van der Waals surface area contributed by atoms with E-state index >= 15 is 0 Å². The Morgan fingerprint density at radius 1 is 1.10 bits per heavy atom. The van der Waals surface area contributed by atoms with Crippen molar-refractivity contribution < 1.29 is 5.11 Å². The number of amidine groups is 1. The van der Waals surface area contributed by atoms with Crippen LogP contribution in [0.15, 0.2) is 48.5 Å². The molecular formula is C25H33N3OS. The molecule has 2 fully saturated rings. The van der Waals surface area contributed by atoms with Crippen molar-refractivity contribution in [1.82, 2.24) is 4.90 Å². The molecule has 1 heterocycles. The molecule has 2 aromatic carbocycles. The van der Waals surface area contributed by atoms with E-state index in [9.17, 15) is 5.11 Å². The van der Waals surface area contributed by atoms with Crippen LogP contribution in [0.1, 0.15) is 37.3 Å². The first-order chi connectivity index (χ1) is 14.4. The first-order valence-electron chi connectivity index (χ1n) is 10.5. The summed E-state index contributed by atoms with van der Waals surface area (Å²) in [6.45, 7) is 8.71. The lowest BCUT2D eigenvalue weighted by Crippen LogP contribution is -2.39. The van der Waals surface area contributed by atoms with E-state index in [0.29, 0.717) is 12.3 Å². The van der Waals surface area contributed by atoms with Crippen molar-refractivity contribution >= 4 is 24.3 Å². The fourth-order valence-electron chi connectivity index (χ4n) is 4.28. The van der Waals surface area contributed by atoms with Crippen LogP contribution < -0.4 is 0 Å². The maximum atomic E-state index is 9.71. The summed E-state index contributed by atoms with van der Waals surface area (Å²) in [5.74, 6) is 1.66. The second-order valence-electron chi connectivity index (χ2n) is 8.67. The normalized spacial score (nSPS) is 22.6. The van der Waals surface area contributed by atoms with Crippen molar-refractivity contribution in [2.24, 2.45) is 0 Å². The van der Waals surface area contributed by atoms with E-state index in [1.54, 1.807) is 11.8 Å². The average Bonchev–Trinajstić information content (AvgIpc) is 3.57. The van der Waals surface area contributed by atoms with Crippen LogP contribution >= 0.6 is 11.8 Å². The van der Waals surface area contributed by atoms with E-state index in [4.69, 9.17) is 10.8 Å². The van der Waals surface area contributed by atoms with Crippen LogP contribution in [0.5, 0.6) is 0 Å². The van der Waals surface area contributed by atoms with E-state index in [2.05, 4.69) is 74.0 Å². The Bertz CT molecular complexity index is 878. The molecule has 0 aromatic heterocycles. The molecule has 1 aliphatic heterocycles. The summed E-state index contributed by atoms with van der Waals surface area (Å²) < 4.78 is -0.211. The van der Waals surface area contributed by atoms with Gasteiger partial charge in [-0.15, -0.1) is 0 Å². The van der Waals surface area contributed by atoms with Crippen molar-refractivity contribution in [3.8, 4) is 11.1 Å². The van der Waals surface area contributed by atoms with Crippen LogP contribution in [0.4, 0.5) is 0 Å². The number of aliphatic hydroxyl groups is 1. The zero-order chi connectivity index (χ0) is 21.8. The summed E-state index contributed by atoms with van der Waals surface area (Å²) in [6.07, 6.45) is 3.05. The summed E-state index contributed by atoms with van der Waals surface area (Å²) in [5, 5.41) is 23.8. The SMILES string of the molecule is C=N.Cc1ccccc1-c1ccc(C2(CN3CCSC(C)(CO)CC3=N)CC2)cc1. The molecule has 0 amide bonds. The van der Waals surface area contributed by atoms with Crippen LogP contribution in [0.2, 0.25) is 0 Å². The van der Waals surface area contributed by atoms with Gasteiger partial charge in [-0.25, -0.2) is 0 Å². The molecular weight excluding hydrogens is 390 g/mol. The molecule has 4 rings (SSSR count). The predicted molar refractivity (Wildman–Crippen MR) is 129 cm³/mol. The molecule has 0 radical (unpaired) electrons. The molecule has 3 N–H and O–H groups in total. The second kappa shape index (κ2) is 9.36. The van der Waals surface area contributed by atoms with Gasteiger partial charge >= 0.3 is 0 Å². The second-order valence-corrected chi connectivity index (χ2v) is 10.4. The molecule has 1 saturated heterocycles. The Morgan fingerprint density at radius 3 is 2.37 bits per heavy atom. The van der Waals surface area contributed by atoms with Gasteiger partial charge in [0.15, 0.2) is 0 Å². The molecule has 2 aromatic rings. The van der Waals surface area contributed by atoms with E-state index < -0.39 is 0 Å². The van der Waals surface area contributed by atoms with Gasteiger partial charge in [0.2, 0.25) is 0 Å². The lowest BCUT2D eigenvalue weighted by atomic mass is 9.92. The standard InChI is InChI=1S/C24H30N2OS.CH3N/c1-18-5-3-4-6-21(18)19-7-9-20(10-8-19)24(11-12-24)16-26-13-14-28-23(2,17-27)15-22(26)25;1-2/h3-10,25,27H,11-17H2,1-2H3;2H,1H2. The third kappa shape index (κ3) is 4.79. The molecule has 1 atom stereocenters. The Morgan fingerprint density at radius 2 is 1.77 bits per heavy atom. The van der Waals surface area contributed by atoms with Gasteiger partial charge in [-0.05, 0) is 55.7 Å². The van der Waals surface area contributed by atoms with Gasteiger partial charge in [0.25, 0.3) is 0 Å². The molecule has 4 nitrogen and oxygen atoms in total. The number of hydrogen-bond acceptors (Lipinski definition) is 4. The lowest BCUT2D eigenvalue weighted by molar-refractivity contribution is 0.257. The third-order valence-corrected chi connectivity index (χ3v) is 7.73. The van der Waals surface area contributed by atoms with Crippen LogP contribution in [0, 0.1) is 17.7 Å². The Hall–Kier alpha value is -2.11. The maximum absolute atomic E-state index is 9.71. The monoisotopic (exact) mass is 423 g/mol. The van der Waals surface area contributed by atoms with Gasteiger partial charge in [-0.1, -0.05) is 48.5 Å². The van der Waals surface area contributed by atoms with E-state index in [0.717, 1.165) is 18.8 Å². The number of nitrogens with zero attached hydrogens (tertiary/aromatic N) is 1. The van der Waals surface area contributed by atoms with Gasteiger partial charge in [0.05, 0.1) is 12.4 Å². The van der Waals surface area contributed by atoms with Crippen LogP contribution in [0.25, 0.3) is 11.1 Å². The van der Waals surface area contributed by atoms with Gasteiger partial charge in [-0.2, -0.15) is 11.8 Å². The Labute approximate surface area is 184 Å². The van der Waals surface area contributed by atoms with Crippen LogP contribution in [0.3, 0.4) is 0 Å². The number of hydrogen-bond donors (Lipinski definition) is 3. The summed E-state index contributed by atoms with van der Waals surface area (Å²) in [7, 11) is 0. The minimum absolute atomic E-state index is 0.138. The molecule has 2 aliphatic rings. The summed E-state index contributed by atoms with van der Waals surface area (Å²) in [6, 6.07) is 17.6. The van der Waals surface area contributed by atoms with Crippen LogP contribution in [-0.4, -0.2) is 52.8 Å².